The Kier molecular flexibility index (Phi) is 3.81. The molecule has 0 radical (unpaired) electrons. The maximum atomic E-state index is 11.9. The second kappa shape index (κ2) is 5.63. The van der Waals surface area contributed by atoms with E-state index >= 15 is 0 Å². The second-order valence-corrected chi connectivity index (χ2v) is 6.81. The third-order valence-electron chi connectivity index (χ3n) is 3.88. The highest BCUT2D eigenvalue weighted by Gasteiger charge is 2.29. The average Bonchev–Trinajstić information content (AvgIpc) is 2.91. The summed E-state index contributed by atoms with van der Waals surface area (Å²) < 4.78 is 11.4. The van der Waals surface area contributed by atoms with Gasteiger partial charge in [0.15, 0.2) is 5.58 Å². The van der Waals surface area contributed by atoms with E-state index in [4.69, 9.17) is 9.15 Å². The number of carbonyl (C=O) groups is 1. The number of para-hydroxylation sites is 2. The molecule has 118 valence electrons. The normalized spacial score (nSPS) is 17.0. The summed E-state index contributed by atoms with van der Waals surface area (Å²) in [5.41, 5.74) is 1.23. The van der Waals surface area contributed by atoms with E-state index < -0.39 is 5.41 Å². The Morgan fingerprint density at radius 2 is 1.95 bits per heavy atom. The van der Waals surface area contributed by atoms with Crippen LogP contribution in [0.15, 0.2) is 28.7 Å². The molecule has 0 atom stereocenters. The Hall–Kier alpha value is -2.04. The fourth-order valence-electron chi connectivity index (χ4n) is 2.49. The monoisotopic (exact) mass is 302 g/mol. The Labute approximate surface area is 130 Å². The minimum absolute atomic E-state index is 0.00708. The van der Waals surface area contributed by atoms with Crippen molar-refractivity contribution in [2.75, 3.05) is 18.0 Å². The van der Waals surface area contributed by atoms with Gasteiger partial charge in [-0.2, -0.15) is 4.98 Å². The molecule has 22 heavy (non-hydrogen) atoms. The number of ether oxygens (including phenoxy) is 1. The predicted octanol–water partition coefficient (Wildman–Crippen LogP) is 3.39. The number of fused-ring (bicyclic) bond motifs is 1. The molecule has 0 N–H and O–H groups in total. The van der Waals surface area contributed by atoms with Crippen molar-refractivity contribution in [1.82, 2.24) is 4.98 Å². The number of aromatic nitrogens is 1. The van der Waals surface area contributed by atoms with Crippen LogP contribution >= 0.6 is 0 Å². The highest BCUT2D eigenvalue weighted by atomic mass is 16.5. The van der Waals surface area contributed by atoms with E-state index in [1.165, 1.54) is 0 Å². The molecule has 1 fully saturated rings. The van der Waals surface area contributed by atoms with Gasteiger partial charge in [0.05, 0.1) is 5.41 Å². The second-order valence-electron chi connectivity index (χ2n) is 6.81. The van der Waals surface area contributed by atoms with Crippen LogP contribution in [0.1, 0.15) is 33.6 Å². The van der Waals surface area contributed by atoms with Gasteiger partial charge < -0.3 is 14.1 Å². The quantitative estimate of drug-likeness (QED) is 0.796. The van der Waals surface area contributed by atoms with Crippen LogP contribution in [-0.2, 0) is 9.53 Å². The lowest BCUT2D eigenvalue weighted by molar-refractivity contribution is -0.159. The van der Waals surface area contributed by atoms with Crippen LogP contribution in [0.25, 0.3) is 11.1 Å². The standard InChI is InChI=1S/C17H22N2O3/c1-17(2,3)15(20)21-12-8-10-19(11-9-12)16-18-13-6-4-5-7-14(13)22-16/h4-7,12H,8-11H2,1-3H3. The molecule has 1 aliphatic heterocycles. The molecule has 1 aliphatic rings. The van der Waals surface area contributed by atoms with Gasteiger partial charge in [-0.3, -0.25) is 4.79 Å². The van der Waals surface area contributed by atoms with Gasteiger partial charge in [-0.05, 0) is 32.9 Å². The van der Waals surface area contributed by atoms with Gasteiger partial charge in [0.1, 0.15) is 11.6 Å². The zero-order chi connectivity index (χ0) is 15.7. The number of hydrogen-bond acceptors (Lipinski definition) is 5. The summed E-state index contributed by atoms with van der Waals surface area (Å²) >= 11 is 0. The summed E-state index contributed by atoms with van der Waals surface area (Å²) in [4.78, 5) is 18.6. The summed E-state index contributed by atoms with van der Waals surface area (Å²) in [5.74, 6) is -0.132. The zero-order valence-corrected chi connectivity index (χ0v) is 13.3. The Morgan fingerprint density at radius 3 is 2.59 bits per heavy atom. The van der Waals surface area contributed by atoms with Crippen LogP contribution < -0.4 is 4.90 Å². The van der Waals surface area contributed by atoms with Crippen molar-refractivity contribution in [2.24, 2.45) is 5.41 Å². The number of anilines is 1. The fourth-order valence-corrected chi connectivity index (χ4v) is 2.49. The highest BCUT2D eigenvalue weighted by Crippen LogP contribution is 2.26. The van der Waals surface area contributed by atoms with Crippen LogP contribution in [-0.4, -0.2) is 30.1 Å². The van der Waals surface area contributed by atoms with Crippen LogP contribution in [0.3, 0.4) is 0 Å². The molecular formula is C17H22N2O3. The third-order valence-corrected chi connectivity index (χ3v) is 3.88. The Balaban J connectivity index is 1.61. The van der Waals surface area contributed by atoms with E-state index in [1.807, 2.05) is 45.0 Å². The van der Waals surface area contributed by atoms with Gasteiger partial charge in [0.2, 0.25) is 0 Å². The molecule has 2 aromatic rings. The Morgan fingerprint density at radius 1 is 1.27 bits per heavy atom. The highest BCUT2D eigenvalue weighted by molar-refractivity contribution is 5.75. The van der Waals surface area contributed by atoms with E-state index in [-0.39, 0.29) is 12.1 Å². The number of nitrogens with zero attached hydrogens (tertiary/aromatic N) is 2. The van der Waals surface area contributed by atoms with Gasteiger partial charge in [-0.15, -0.1) is 0 Å². The summed E-state index contributed by atoms with van der Waals surface area (Å²) in [5, 5.41) is 0. The van der Waals surface area contributed by atoms with Crippen molar-refractivity contribution in [3.05, 3.63) is 24.3 Å². The van der Waals surface area contributed by atoms with Crippen molar-refractivity contribution < 1.29 is 13.9 Å². The summed E-state index contributed by atoms with van der Waals surface area (Å²) in [6, 6.07) is 8.41. The lowest BCUT2D eigenvalue weighted by Crippen LogP contribution is -2.39. The van der Waals surface area contributed by atoms with E-state index in [9.17, 15) is 4.79 Å². The smallest absolute Gasteiger partial charge is 0.311 e. The number of hydrogen-bond donors (Lipinski definition) is 0. The summed E-state index contributed by atoms with van der Waals surface area (Å²) in [7, 11) is 0. The maximum absolute atomic E-state index is 11.9. The van der Waals surface area contributed by atoms with Crippen LogP contribution in [0.2, 0.25) is 0 Å². The number of rotatable bonds is 2. The van der Waals surface area contributed by atoms with Gasteiger partial charge in [-0.1, -0.05) is 12.1 Å². The SMILES string of the molecule is CC(C)(C)C(=O)OC1CCN(c2nc3ccccc3o2)CC1. The number of esters is 1. The van der Waals surface area contributed by atoms with Gasteiger partial charge in [0.25, 0.3) is 6.01 Å². The fraction of sp³-hybridized carbons (Fsp3) is 0.529. The topological polar surface area (TPSA) is 55.6 Å². The molecule has 0 amide bonds. The first-order valence-electron chi connectivity index (χ1n) is 7.75. The average molecular weight is 302 g/mol. The maximum Gasteiger partial charge on any atom is 0.311 e. The summed E-state index contributed by atoms with van der Waals surface area (Å²) in [6.07, 6.45) is 1.61. The van der Waals surface area contributed by atoms with E-state index in [0.717, 1.165) is 37.0 Å². The largest absolute Gasteiger partial charge is 0.462 e. The molecule has 2 heterocycles. The van der Waals surface area contributed by atoms with Crippen molar-refractivity contribution in [3.8, 4) is 0 Å². The van der Waals surface area contributed by atoms with Crippen LogP contribution in [0, 0.1) is 5.41 Å². The van der Waals surface area contributed by atoms with Crippen molar-refractivity contribution in [2.45, 2.75) is 39.7 Å². The predicted molar refractivity (Wildman–Crippen MR) is 84.8 cm³/mol. The molecule has 1 aromatic heterocycles. The first kappa shape index (κ1) is 14.9. The van der Waals surface area contributed by atoms with Gasteiger partial charge in [0, 0.05) is 25.9 Å². The number of oxazole rings is 1. The molecule has 0 bridgehead atoms. The number of carbonyl (C=O) groups excluding carboxylic acids is 1. The molecule has 5 heteroatoms. The molecule has 0 saturated carbocycles. The minimum Gasteiger partial charge on any atom is -0.462 e. The first-order valence-corrected chi connectivity index (χ1v) is 7.75. The van der Waals surface area contributed by atoms with E-state index in [0.29, 0.717) is 6.01 Å². The van der Waals surface area contributed by atoms with E-state index in [2.05, 4.69) is 9.88 Å². The molecular weight excluding hydrogens is 280 g/mol. The van der Waals surface area contributed by atoms with Crippen molar-refractivity contribution in [3.63, 3.8) is 0 Å². The first-order chi connectivity index (χ1) is 10.4. The lowest BCUT2D eigenvalue weighted by atomic mass is 9.97. The van der Waals surface area contributed by atoms with Gasteiger partial charge in [-0.25, -0.2) is 0 Å². The molecule has 0 unspecified atom stereocenters. The lowest BCUT2D eigenvalue weighted by Gasteiger charge is -2.32. The molecule has 0 aliphatic carbocycles. The third kappa shape index (κ3) is 3.08. The molecule has 0 spiro atoms. The van der Waals surface area contributed by atoms with Gasteiger partial charge >= 0.3 is 5.97 Å². The molecule has 5 nitrogen and oxygen atoms in total. The Bertz CT molecular complexity index is 631. The zero-order valence-electron chi connectivity index (χ0n) is 13.3. The number of benzene rings is 1. The van der Waals surface area contributed by atoms with Crippen LogP contribution in [0.4, 0.5) is 6.01 Å². The van der Waals surface area contributed by atoms with E-state index in [1.54, 1.807) is 0 Å². The molecule has 3 rings (SSSR count). The molecule has 1 saturated heterocycles. The summed E-state index contributed by atoms with van der Waals surface area (Å²) in [6.45, 7) is 7.21. The van der Waals surface area contributed by atoms with Crippen LogP contribution in [0.5, 0.6) is 0 Å². The number of piperidine rings is 1. The van der Waals surface area contributed by atoms with Crippen molar-refractivity contribution in [1.29, 1.82) is 0 Å². The van der Waals surface area contributed by atoms with Crippen molar-refractivity contribution >= 4 is 23.1 Å². The molecule has 1 aromatic carbocycles. The minimum atomic E-state index is -0.447.